The van der Waals surface area contributed by atoms with Gasteiger partial charge in [0.25, 0.3) is 0 Å². The molecule has 7 heteroatoms. The highest BCUT2D eigenvalue weighted by molar-refractivity contribution is 7.91. The minimum Gasteiger partial charge on any atom is -0.358 e. The molecule has 4 rings (SSSR count). The second-order valence-electron chi connectivity index (χ2n) is 7.15. The molecule has 2 aromatic rings. The fourth-order valence-electron chi connectivity index (χ4n) is 3.91. The number of carbonyl (C=O) groups excluding carboxylic acids is 1. The molecule has 6 nitrogen and oxygen atoms in total. The van der Waals surface area contributed by atoms with E-state index in [1.165, 1.54) is 11.1 Å². The van der Waals surface area contributed by atoms with Crippen LogP contribution in [-0.4, -0.2) is 55.0 Å². The van der Waals surface area contributed by atoms with Crippen LogP contribution < -0.4 is 5.32 Å². The van der Waals surface area contributed by atoms with E-state index < -0.39 is 9.84 Å². The standard InChI is InChI=1S/C18H23N3O3S/c22-18(19-15-7-9-25(23,24)12-15)21-8-3-5-14(11-21)17-10-13-4-1-2-6-16(13)20-17/h1-2,4,6,10,14-15,20H,3,5,7-9,11-12H2,(H,19,22). The Morgan fingerprint density at radius 1 is 1.24 bits per heavy atom. The topological polar surface area (TPSA) is 82.3 Å². The third-order valence-electron chi connectivity index (χ3n) is 5.26. The number of aromatic amines is 1. The highest BCUT2D eigenvalue weighted by atomic mass is 32.2. The van der Waals surface area contributed by atoms with Gasteiger partial charge in [0.05, 0.1) is 11.5 Å². The average molecular weight is 361 g/mol. The van der Waals surface area contributed by atoms with Crippen molar-refractivity contribution in [1.29, 1.82) is 0 Å². The molecule has 2 saturated heterocycles. The molecule has 134 valence electrons. The second-order valence-corrected chi connectivity index (χ2v) is 9.38. The number of carbonyl (C=O) groups is 1. The fraction of sp³-hybridized carbons (Fsp3) is 0.500. The van der Waals surface area contributed by atoms with Gasteiger partial charge in [-0.2, -0.15) is 0 Å². The van der Waals surface area contributed by atoms with Crippen LogP contribution in [0.4, 0.5) is 4.79 Å². The SMILES string of the molecule is O=C(NC1CCS(=O)(=O)C1)N1CCCC(c2cc3ccccc3[nH]2)C1. The number of hydrogen-bond donors (Lipinski definition) is 2. The molecule has 0 saturated carbocycles. The molecule has 3 heterocycles. The summed E-state index contributed by atoms with van der Waals surface area (Å²) >= 11 is 0. The fourth-order valence-corrected chi connectivity index (χ4v) is 5.58. The van der Waals surface area contributed by atoms with Crippen LogP contribution in [0.15, 0.2) is 30.3 Å². The molecule has 2 unspecified atom stereocenters. The van der Waals surface area contributed by atoms with Crippen molar-refractivity contribution < 1.29 is 13.2 Å². The van der Waals surface area contributed by atoms with Gasteiger partial charge >= 0.3 is 6.03 Å². The van der Waals surface area contributed by atoms with E-state index >= 15 is 0 Å². The van der Waals surface area contributed by atoms with Crippen molar-refractivity contribution >= 4 is 26.8 Å². The van der Waals surface area contributed by atoms with Gasteiger partial charge in [-0.15, -0.1) is 0 Å². The molecule has 25 heavy (non-hydrogen) atoms. The number of rotatable bonds is 2. The van der Waals surface area contributed by atoms with Crippen molar-refractivity contribution in [2.24, 2.45) is 0 Å². The number of nitrogens with one attached hydrogen (secondary N) is 2. The number of nitrogens with zero attached hydrogens (tertiary/aromatic N) is 1. The number of aromatic nitrogens is 1. The Balaban J connectivity index is 1.42. The number of piperidine rings is 1. The van der Waals surface area contributed by atoms with Gasteiger partial charge in [0.15, 0.2) is 9.84 Å². The van der Waals surface area contributed by atoms with Crippen molar-refractivity contribution in [3.8, 4) is 0 Å². The first kappa shape index (κ1) is 16.4. The zero-order valence-electron chi connectivity index (χ0n) is 14.1. The lowest BCUT2D eigenvalue weighted by molar-refractivity contribution is 0.176. The van der Waals surface area contributed by atoms with Gasteiger partial charge in [-0.25, -0.2) is 13.2 Å². The molecular formula is C18H23N3O3S. The number of urea groups is 1. The Bertz CT molecular complexity index is 857. The summed E-state index contributed by atoms with van der Waals surface area (Å²) in [6, 6.07) is 9.98. The molecule has 2 amide bonds. The quantitative estimate of drug-likeness (QED) is 0.861. The highest BCUT2D eigenvalue weighted by Gasteiger charge is 2.32. The van der Waals surface area contributed by atoms with E-state index in [4.69, 9.17) is 0 Å². The van der Waals surface area contributed by atoms with E-state index in [9.17, 15) is 13.2 Å². The molecule has 0 bridgehead atoms. The van der Waals surface area contributed by atoms with Crippen molar-refractivity contribution in [3.63, 3.8) is 0 Å². The molecule has 0 spiro atoms. The monoisotopic (exact) mass is 361 g/mol. The molecule has 0 aliphatic carbocycles. The van der Waals surface area contributed by atoms with E-state index in [0.717, 1.165) is 24.9 Å². The number of H-pyrrole nitrogens is 1. The maximum atomic E-state index is 12.5. The lowest BCUT2D eigenvalue weighted by Gasteiger charge is -2.33. The van der Waals surface area contributed by atoms with Crippen LogP contribution in [0.2, 0.25) is 0 Å². The Hall–Kier alpha value is -2.02. The van der Waals surface area contributed by atoms with Gasteiger partial charge in [-0.05, 0) is 36.8 Å². The first-order valence-corrected chi connectivity index (χ1v) is 10.7. The minimum absolute atomic E-state index is 0.0675. The van der Waals surface area contributed by atoms with Crippen LogP contribution in [-0.2, 0) is 9.84 Å². The number of hydrogen-bond acceptors (Lipinski definition) is 3. The maximum absolute atomic E-state index is 12.5. The van der Waals surface area contributed by atoms with Crippen LogP contribution in [0.25, 0.3) is 10.9 Å². The first-order chi connectivity index (χ1) is 12.0. The van der Waals surface area contributed by atoms with Gasteiger partial charge in [0, 0.05) is 36.3 Å². The molecule has 2 fully saturated rings. The molecule has 1 aromatic carbocycles. The van der Waals surface area contributed by atoms with Crippen molar-refractivity contribution in [2.75, 3.05) is 24.6 Å². The summed E-state index contributed by atoms with van der Waals surface area (Å²) in [5, 5.41) is 4.09. The molecule has 2 aliphatic rings. The Labute approximate surface area is 147 Å². The second kappa shape index (κ2) is 6.37. The Kier molecular flexibility index (Phi) is 4.19. The van der Waals surface area contributed by atoms with E-state index in [0.29, 0.717) is 18.9 Å². The van der Waals surface area contributed by atoms with Gasteiger partial charge < -0.3 is 15.2 Å². The number of fused-ring (bicyclic) bond motifs is 1. The predicted molar refractivity (Wildman–Crippen MR) is 97.4 cm³/mol. The summed E-state index contributed by atoms with van der Waals surface area (Å²) < 4.78 is 23.1. The molecular weight excluding hydrogens is 338 g/mol. The Morgan fingerprint density at radius 2 is 2.08 bits per heavy atom. The molecule has 1 aromatic heterocycles. The van der Waals surface area contributed by atoms with Crippen LogP contribution in [0.5, 0.6) is 0 Å². The van der Waals surface area contributed by atoms with E-state index in [2.05, 4.69) is 28.5 Å². The normalized spacial score (nSPS) is 26.0. The highest BCUT2D eigenvalue weighted by Crippen LogP contribution is 2.29. The number of likely N-dealkylation sites (tertiary alicyclic amines) is 1. The summed E-state index contributed by atoms with van der Waals surface area (Å²) in [5.74, 6) is 0.535. The van der Waals surface area contributed by atoms with Crippen molar-refractivity contribution in [3.05, 3.63) is 36.0 Å². The molecule has 2 atom stereocenters. The summed E-state index contributed by atoms with van der Waals surface area (Å²) in [6.45, 7) is 1.39. The minimum atomic E-state index is -2.98. The van der Waals surface area contributed by atoms with Crippen molar-refractivity contribution in [1.82, 2.24) is 15.2 Å². The summed E-state index contributed by atoms with van der Waals surface area (Å²) in [4.78, 5) is 17.8. The van der Waals surface area contributed by atoms with E-state index in [-0.39, 0.29) is 23.6 Å². The van der Waals surface area contributed by atoms with Crippen LogP contribution in [0, 0.1) is 0 Å². The van der Waals surface area contributed by atoms with Crippen LogP contribution in [0.3, 0.4) is 0 Å². The lowest BCUT2D eigenvalue weighted by atomic mass is 9.95. The zero-order valence-corrected chi connectivity index (χ0v) is 14.9. The van der Waals surface area contributed by atoms with Crippen LogP contribution >= 0.6 is 0 Å². The number of sulfone groups is 1. The van der Waals surface area contributed by atoms with Gasteiger partial charge in [-0.1, -0.05) is 18.2 Å². The number of amides is 2. The van der Waals surface area contributed by atoms with Crippen LogP contribution in [0.1, 0.15) is 30.9 Å². The smallest absolute Gasteiger partial charge is 0.317 e. The summed E-state index contributed by atoms with van der Waals surface area (Å²) in [7, 11) is -2.98. The summed E-state index contributed by atoms with van der Waals surface area (Å²) in [6.07, 6.45) is 2.53. The largest absolute Gasteiger partial charge is 0.358 e. The molecule has 2 N–H and O–H groups in total. The first-order valence-electron chi connectivity index (χ1n) is 8.84. The number of benzene rings is 1. The molecule has 2 aliphatic heterocycles. The lowest BCUT2D eigenvalue weighted by Crippen LogP contribution is -2.48. The zero-order chi connectivity index (χ0) is 17.4. The van der Waals surface area contributed by atoms with Gasteiger partial charge in [0.2, 0.25) is 0 Å². The average Bonchev–Trinajstić information content (AvgIpc) is 3.18. The van der Waals surface area contributed by atoms with Gasteiger partial charge in [-0.3, -0.25) is 0 Å². The van der Waals surface area contributed by atoms with E-state index in [1.807, 2.05) is 17.0 Å². The van der Waals surface area contributed by atoms with E-state index in [1.54, 1.807) is 0 Å². The van der Waals surface area contributed by atoms with Gasteiger partial charge in [0.1, 0.15) is 0 Å². The number of para-hydroxylation sites is 1. The Morgan fingerprint density at radius 3 is 2.84 bits per heavy atom. The molecule has 0 radical (unpaired) electrons. The summed E-state index contributed by atoms with van der Waals surface area (Å²) in [5.41, 5.74) is 2.29. The third kappa shape index (κ3) is 3.51. The third-order valence-corrected chi connectivity index (χ3v) is 7.03. The van der Waals surface area contributed by atoms with Crippen molar-refractivity contribution in [2.45, 2.75) is 31.2 Å². The predicted octanol–water partition coefficient (Wildman–Crippen LogP) is 2.24. The maximum Gasteiger partial charge on any atom is 0.317 e.